The van der Waals surface area contributed by atoms with Crippen LogP contribution in [-0.2, 0) is 11.8 Å². The lowest BCUT2D eigenvalue weighted by molar-refractivity contribution is -0.0456. The topological polar surface area (TPSA) is 41.9 Å². The number of benzene rings is 1. The SMILES string of the molecule is COc1cc(F)c2c3c1O[C@H]1[C@@H](O)C=C[C@H]4[C@@H](C2)N(C)CC[C@@]341. The van der Waals surface area contributed by atoms with Gasteiger partial charge in [0.1, 0.15) is 18.0 Å². The summed E-state index contributed by atoms with van der Waals surface area (Å²) in [5.74, 6) is 1.11. The number of methoxy groups -OCH3 is 1. The summed E-state index contributed by atoms with van der Waals surface area (Å²) in [6.45, 7) is 0.930. The second-order valence-electron chi connectivity index (χ2n) is 7.23. The van der Waals surface area contributed by atoms with Gasteiger partial charge in [-0.05, 0) is 32.0 Å². The molecule has 2 aliphatic heterocycles. The number of likely N-dealkylation sites (tertiary alicyclic amines) is 1. The third-order valence-electron chi connectivity index (χ3n) is 6.43. The molecule has 0 amide bonds. The van der Waals surface area contributed by atoms with Crippen LogP contribution in [0.4, 0.5) is 4.39 Å². The Kier molecular flexibility index (Phi) is 2.57. The maximum atomic E-state index is 14.8. The first-order chi connectivity index (χ1) is 11.1. The molecular formula is C18H20FNO3. The molecule has 1 fully saturated rings. The lowest BCUT2D eigenvalue weighted by Crippen LogP contribution is -2.64. The van der Waals surface area contributed by atoms with Crippen molar-refractivity contribution >= 4 is 0 Å². The van der Waals surface area contributed by atoms with Gasteiger partial charge in [0.05, 0.1) is 7.11 Å². The van der Waals surface area contributed by atoms with Crippen molar-refractivity contribution < 1.29 is 19.0 Å². The lowest BCUT2D eigenvalue weighted by atomic mass is 9.53. The Balaban J connectivity index is 1.85. The summed E-state index contributed by atoms with van der Waals surface area (Å²) in [5, 5.41) is 10.5. The molecule has 4 nitrogen and oxygen atoms in total. The van der Waals surface area contributed by atoms with Gasteiger partial charge in [0.15, 0.2) is 11.5 Å². The molecule has 2 aliphatic carbocycles. The minimum Gasteiger partial charge on any atom is -0.493 e. The number of piperidine rings is 1. The molecule has 1 saturated heterocycles. The van der Waals surface area contributed by atoms with E-state index in [9.17, 15) is 9.50 Å². The van der Waals surface area contributed by atoms with Crippen molar-refractivity contribution in [3.63, 3.8) is 0 Å². The molecule has 0 unspecified atom stereocenters. The molecule has 5 heteroatoms. The zero-order chi connectivity index (χ0) is 15.9. The number of ether oxygens (including phenoxy) is 2. The Morgan fingerprint density at radius 3 is 3.04 bits per heavy atom. The highest BCUT2D eigenvalue weighted by Gasteiger charge is 2.64. The Labute approximate surface area is 134 Å². The van der Waals surface area contributed by atoms with Crippen molar-refractivity contribution in [3.8, 4) is 11.5 Å². The lowest BCUT2D eigenvalue weighted by Gasteiger charge is -2.56. The summed E-state index contributed by atoms with van der Waals surface area (Å²) >= 11 is 0. The molecule has 1 aromatic carbocycles. The van der Waals surface area contributed by atoms with Crippen LogP contribution in [0.5, 0.6) is 11.5 Å². The number of nitrogens with zero attached hydrogens (tertiary/aromatic N) is 1. The maximum absolute atomic E-state index is 14.8. The number of aliphatic hydroxyl groups excluding tert-OH is 1. The van der Waals surface area contributed by atoms with E-state index in [1.807, 2.05) is 6.08 Å². The number of aliphatic hydroxyl groups is 1. The Morgan fingerprint density at radius 2 is 2.26 bits per heavy atom. The molecule has 1 N–H and O–H groups in total. The average Bonchev–Trinajstić information content (AvgIpc) is 2.89. The minimum absolute atomic E-state index is 0.216. The van der Waals surface area contributed by atoms with Gasteiger partial charge in [-0.3, -0.25) is 0 Å². The maximum Gasteiger partial charge on any atom is 0.166 e. The van der Waals surface area contributed by atoms with Crippen molar-refractivity contribution in [1.29, 1.82) is 0 Å². The second kappa shape index (κ2) is 4.28. The van der Waals surface area contributed by atoms with Gasteiger partial charge >= 0.3 is 0 Å². The van der Waals surface area contributed by atoms with Crippen molar-refractivity contribution in [2.45, 2.75) is 36.5 Å². The zero-order valence-electron chi connectivity index (χ0n) is 13.3. The van der Waals surface area contributed by atoms with Gasteiger partial charge in [0.25, 0.3) is 0 Å². The largest absolute Gasteiger partial charge is 0.493 e. The highest BCUT2D eigenvalue weighted by molar-refractivity contribution is 5.62. The summed E-state index contributed by atoms with van der Waals surface area (Å²) < 4.78 is 26.3. The van der Waals surface area contributed by atoms with E-state index < -0.39 is 6.10 Å². The van der Waals surface area contributed by atoms with Crippen LogP contribution in [-0.4, -0.2) is 49.0 Å². The quantitative estimate of drug-likeness (QED) is 0.800. The van der Waals surface area contributed by atoms with E-state index in [2.05, 4.69) is 18.0 Å². The fourth-order valence-corrected chi connectivity index (χ4v) is 5.42. The highest BCUT2D eigenvalue weighted by Crippen LogP contribution is 2.62. The van der Waals surface area contributed by atoms with Crippen LogP contribution >= 0.6 is 0 Å². The molecule has 1 spiro atoms. The van der Waals surface area contributed by atoms with Crippen LogP contribution < -0.4 is 9.47 Å². The number of hydrogen-bond acceptors (Lipinski definition) is 4. The molecule has 0 aromatic heterocycles. The minimum atomic E-state index is -0.665. The van der Waals surface area contributed by atoms with Crippen LogP contribution in [0.15, 0.2) is 18.2 Å². The van der Waals surface area contributed by atoms with E-state index in [-0.39, 0.29) is 29.3 Å². The third-order valence-corrected chi connectivity index (χ3v) is 6.43. The molecule has 2 bridgehead atoms. The number of rotatable bonds is 1. The van der Waals surface area contributed by atoms with Crippen LogP contribution in [0.3, 0.4) is 0 Å². The number of likely N-dealkylation sites (N-methyl/N-ethyl adjacent to an activating group) is 1. The van der Waals surface area contributed by atoms with E-state index >= 15 is 0 Å². The molecule has 0 radical (unpaired) electrons. The van der Waals surface area contributed by atoms with Crippen molar-refractivity contribution in [3.05, 3.63) is 35.2 Å². The first kappa shape index (κ1) is 13.8. The molecule has 1 aromatic rings. The van der Waals surface area contributed by atoms with Gasteiger partial charge in [-0.25, -0.2) is 4.39 Å². The van der Waals surface area contributed by atoms with Crippen molar-refractivity contribution in [2.24, 2.45) is 5.92 Å². The summed E-state index contributed by atoms with van der Waals surface area (Å²) in [7, 11) is 3.64. The van der Waals surface area contributed by atoms with E-state index in [1.165, 1.54) is 13.2 Å². The smallest absolute Gasteiger partial charge is 0.166 e. The molecule has 0 saturated carbocycles. The zero-order valence-corrected chi connectivity index (χ0v) is 13.3. The number of halogens is 1. The van der Waals surface area contributed by atoms with E-state index in [4.69, 9.17) is 9.47 Å². The predicted molar refractivity (Wildman–Crippen MR) is 82.4 cm³/mol. The summed E-state index contributed by atoms with van der Waals surface area (Å²) in [4.78, 5) is 2.32. The predicted octanol–water partition coefficient (Wildman–Crippen LogP) is 1.64. The molecular weight excluding hydrogens is 297 g/mol. The fourth-order valence-electron chi connectivity index (χ4n) is 5.42. The van der Waals surface area contributed by atoms with Crippen LogP contribution in [0.2, 0.25) is 0 Å². The highest BCUT2D eigenvalue weighted by atomic mass is 19.1. The van der Waals surface area contributed by atoms with E-state index in [0.717, 1.165) is 24.1 Å². The Bertz CT molecular complexity index is 733. The molecule has 5 rings (SSSR count). The summed E-state index contributed by atoms with van der Waals surface area (Å²) in [6.07, 6.45) is 4.50. The fraction of sp³-hybridized carbons (Fsp3) is 0.556. The van der Waals surface area contributed by atoms with Gasteiger partial charge < -0.3 is 19.5 Å². The van der Waals surface area contributed by atoms with Crippen LogP contribution in [0.1, 0.15) is 17.5 Å². The molecule has 2 heterocycles. The van der Waals surface area contributed by atoms with Crippen LogP contribution in [0.25, 0.3) is 0 Å². The monoisotopic (exact) mass is 317 g/mol. The van der Waals surface area contributed by atoms with Crippen LogP contribution in [0, 0.1) is 11.7 Å². The van der Waals surface area contributed by atoms with Gasteiger partial charge in [-0.2, -0.15) is 0 Å². The molecule has 4 aliphatic rings. The summed E-state index contributed by atoms with van der Waals surface area (Å²) in [5.41, 5.74) is 1.37. The van der Waals surface area contributed by atoms with Crippen molar-refractivity contribution in [1.82, 2.24) is 4.90 Å². The van der Waals surface area contributed by atoms with Gasteiger partial charge in [0, 0.05) is 29.0 Å². The van der Waals surface area contributed by atoms with E-state index in [1.54, 1.807) is 0 Å². The standard InChI is InChI=1S/C18H20FNO3/c1-20-6-5-18-10-3-4-13(21)17(18)23-16-14(22-2)8-11(19)9(15(16)18)7-12(10)20/h3-4,8,10,12-13,17,21H,5-7H2,1-2H3/t10-,12+,13-,17-,18-/m0/s1. The van der Waals surface area contributed by atoms with Crippen molar-refractivity contribution in [2.75, 3.05) is 20.7 Å². The Hall–Kier alpha value is -1.59. The average molecular weight is 317 g/mol. The normalized spacial score (nSPS) is 39.8. The first-order valence-corrected chi connectivity index (χ1v) is 8.21. The third kappa shape index (κ3) is 1.44. The summed E-state index contributed by atoms with van der Waals surface area (Å²) in [6, 6.07) is 1.68. The Morgan fingerprint density at radius 1 is 1.43 bits per heavy atom. The molecule has 23 heavy (non-hydrogen) atoms. The van der Waals surface area contributed by atoms with E-state index in [0.29, 0.717) is 17.9 Å². The van der Waals surface area contributed by atoms with Gasteiger partial charge in [-0.15, -0.1) is 0 Å². The number of hydrogen-bond donors (Lipinski definition) is 1. The van der Waals surface area contributed by atoms with Gasteiger partial charge in [-0.1, -0.05) is 12.2 Å². The second-order valence-corrected chi connectivity index (χ2v) is 7.23. The molecule has 5 atom stereocenters. The first-order valence-electron chi connectivity index (χ1n) is 8.21. The molecule has 122 valence electrons. The van der Waals surface area contributed by atoms with Gasteiger partial charge in [0.2, 0.25) is 0 Å².